The molecule has 5 aromatic rings. The molecule has 0 atom stereocenters. The second-order valence-corrected chi connectivity index (χ2v) is 10.8. The fourth-order valence-electron chi connectivity index (χ4n) is 4.48. The van der Waals surface area contributed by atoms with E-state index >= 15 is 0 Å². The van der Waals surface area contributed by atoms with Gasteiger partial charge in [-0.25, -0.2) is 0 Å². The minimum absolute atomic E-state index is 0. The molecule has 0 aliphatic carbocycles. The molecule has 5 rings (SSSR count). The van der Waals surface area contributed by atoms with Crippen molar-refractivity contribution in [2.24, 2.45) is 0 Å². The van der Waals surface area contributed by atoms with Crippen molar-refractivity contribution in [2.75, 3.05) is 10.6 Å². The number of esters is 1. The fourth-order valence-corrected chi connectivity index (χ4v) is 4.48. The van der Waals surface area contributed by atoms with Gasteiger partial charge in [-0.1, -0.05) is 72.8 Å². The third-order valence-corrected chi connectivity index (χ3v) is 7.40. The molecule has 5 aromatic carbocycles. The Morgan fingerprint density at radius 1 is 0.480 bits per heavy atom. The van der Waals surface area contributed by atoms with E-state index in [4.69, 9.17) is 0 Å². The maximum absolute atomic E-state index is 11.0. The number of nitrogens with one attached hydrogen (secondary N) is 2. The summed E-state index contributed by atoms with van der Waals surface area (Å²) in [5.41, 5.74) is 7.63. The number of ether oxygens (including phenoxy) is 1. The standard InChI is InChI=1S/2C15H15NO2.C9H8O4.Al/c2*1-10-6-5-9-13(11(10)2)16-14-8-4-3-7-12(14)15(17)18;1-6(10)13-8-5-3-2-4-7(8)9(11)12;/h2*3-9,16H,1-2H3,(H,17,18);2-5H,1H3,(H,11,12);/q;;;+3/p-3. The monoisotopic (exact) mass is 686 g/mol. The van der Waals surface area contributed by atoms with Crippen LogP contribution in [0.5, 0.6) is 5.75 Å². The number of carbonyl (C=O) groups is 4. The van der Waals surface area contributed by atoms with Crippen LogP contribution in [0.25, 0.3) is 0 Å². The third kappa shape index (κ3) is 11.4. The summed E-state index contributed by atoms with van der Waals surface area (Å²) in [7, 11) is 0. The Morgan fingerprint density at radius 3 is 1.20 bits per heavy atom. The van der Waals surface area contributed by atoms with E-state index in [-0.39, 0.29) is 39.8 Å². The van der Waals surface area contributed by atoms with E-state index in [1.165, 1.54) is 37.3 Å². The van der Waals surface area contributed by atoms with Gasteiger partial charge in [0.25, 0.3) is 0 Å². The van der Waals surface area contributed by atoms with Gasteiger partial charge in [-0.3, -0.25) is 4.79 Å². The van der Waals surface area contributed by atoms with Crippen molar-refractivity contribution in [3.63, 3.8) is 0 Å². The number of carboxylic acid groups (broad SMARTS) is 3. The van der Waals surface area contributed by atoms with E-state index in [9.17, 15) is 34.5 Å². The smallest absolute Gasteiger partial charge is 0.545 e. The number of hydrogen-bond acceptors (Lipinski definition) is 10. The summed E-state index contributed by atoms with van der Waals surface area (Å²) in [4.78, 5) is 43.1. The number of carboxylic acids is 3. The summed E-state index contributed by atoms with van der Waals surface area (Å²) < 4.78 is 4.65. The molecule has 0 bridgehead atoms. The summed E-state index contributed by atoms with van der Waals surface area (Å²) in [5.74, 6) is -4.27. The number of aryl methyl sites for hydroxylation is 2. The molecule has 252 valence electrons. The quantitative estimate of drug-likeness (QED) is 0.135. The molecule has 2 N–H and O–H groups in total. The molecule has 0 aromatic heterocycles. The molecule has 0 fully saturated rings. The van der Waals surface area contributed by atoms with Crippen LogP contribution in [0, 0.1) is 27.7 Å². The fraction of sp³-hybridized carbons (Fsp3) is 0.128. The molecule has 0 heterocycles. The van der Waals surface area contributed by atoms with Gasteiger partial charge < -0.3 is 45.1 Å². The zero-order valence-electron chi connectivity index (χ0n) is 28.2. The Labute approximate surface area is 301 Å². The molecular weight excluding hydrogens is 651 g/mol. The second-order valence-electron chi connectivity index (χ2n) is 10.8. The van der Waals surface area contributed by atoms with E-state index in [2.05, 4.69) is 15.4 Å². The molecule has 11 heteroatoms. The first kappa shape index (κ1) is 40.3. The zero-order chi connectivity index (χ0) is 36.1. The maximum atomic E-state index is 11.0. The summed E-state index contributed by atoms with van der Waals surface area (Å²) >= 11 is 0. The molecule has 0 aliphatic rings. The van der Waals surface area contributed by atoms with Gasteiger partial charge >= 0.3 is 23.3 Å². The summed E-state index contributed by atoms with van der Waals surface area (Å²) in [6.45, 7) is 9.24. The maximum Gasteiger partial charge on any atom is 3.00 e. The topological polar surface area (TPSA) is 171 Å². The van der Waals surface area contributed by atoms with Crippen molar-refractivity contribution < 1.29 is 39.2 Å². The van der Waals surface area contributed by atoms with Gasteiger partial charge in [0.05, 0.1) is 17.9 Å². The van der Waals surface area contributed by atoms with Crippen LogP contribution in [0.1, 0.15) is 60.3 Å². The Kier molecular flexibility index (Phi) is 15.5. The first-order chi connectivity index (χ1) is 23.3. The minimum atomic E-state index is -1.36. The van der Waals surface area contributed by atoms with Crippen molar-refractivity contribution in [1.29, 1.82) is 0 Å². The zero-order valence-corrected chi connectivity index (χ0v) is 29.4. The van der Waals surface area contributed by atoms with Crippen molar-refractivity contribution in [2.45, 2.75) is 34.6 Å². The molecule has 0 spiro atoms. The number of aromatic carboxylic acids is 3. The number of carbonyl (C=O) groups excluding carboxylic acids is 4. The molecule has 0 amide bonds. The number of hydrogen-bond donors (Lipinski definition) is 2. The molecule has 0 unspecified atom stereocenters. The van der Waals surface area contributed by atoms with Gasteiger partial charge in [0, 0.05) is 46.4 Å². The van der Waals surface area contributed by atoms with E-state index in [1.807, 2.05) is 64.1 Å². The second kappa shape index (κ2) is 19.2. The summed E-state index contributed by atoms with van der Waals surface area (Å²) in [6.07, 6.45) is 0. The van der Waals surface area contributed by atoms with E-state index in [1.54, 1.807) is 42.5 Å². The predicted octanol–water partition coefficient (Wildman–Crippen LogP) is 4.42. The summed E-state index contributed by atoms with van der Waals surface area (Å²) in [5, 5.41) is 38.8. The van der Waals surface area contributed by atoms with E-state index in [0.717, 1.165) is 33.6 Å². The van der Waals surface area contributed by atoms with Crippen LogP contribution < -0.4 is 30.7 Å². The first-order valence-electron chi connectivity index (χ1n) is 15.1. The van der Waals surface area contributed by atoms with Gasteiger partial charge in [-0.15, -0.1) is 0 Å². The van der Waals surface area contributed by atoms with Gasteiger partial charge in [0.1, 0.15) is 5.75 Å². The third-order valence-electron chi connectivity index (χ3n) is 7.40. The Balaban J connectivity index is 0.000000262. The number of para-hydroxylation sites is 3. The van der Waals surface area contributed by atoms with Crippen molar-refractivity contribution in [1.82, 2.24) is 0 Å². The normalized spacial score (nSPS) is 9.70. The molecule has 0 saturated heterocycles. The molecule has 50 heavy (non-hydrogen) atoms. The molecule has 0 saturated carbocycles. The molecule has 0 aliphatic heterocycles. The average molecular weight is 687 g/mol. The van der Waals surface area contributed by atoms with Crippen LogP contribution >= 0.6 is 0 Å². The molecular formula is C39H35AlN2O8. The van der Waals surface area contributed by atoms with Crippen LogP contribution in [0.3, 0.4) is 0 Å². The average Bonchev–Trinajstić information content (AvgIpc) is 3.06. The van der Waals surface area contributed by atoms with Gasteiger partial charge in [0.2, 0.25) is 0 Å². The number of anilines is 4. The van der Waals surface area contributed by atoms with Gasteiger partial charge in [-0.2, -0.15) is 0 Å². The van der Waals surface area contributed by atoms with Crippen molar-refractivity contribution >= 4 is 64.0 Å². The Morgan fingerprint density at radius 2 is 0.820 bits per heavy atom. The van der Waals surface area contributed by atoms with E-state index < -0.39 is 23.9 Å². The first-order valence-corrected chi connectivity index (χ1v) is 15.1. The molecule has 0 radical (unpaired) electrons. The number of benzene rings is 5. The number of rotatable bonds is 8. The summed E-state index contributed by atoms with van der Waals surface area (Å²) in [6, 6.07) is 31.0. The SMILES string of the molecule is CC(=O)Oc1ccccc1C(=O)[O-].Cc1cccc(Nc2ccccc2C(=O)[O-])c1C.Cc1cccc(Nc2ccccc2C(=O)[O-])c1C.[Al+3]. The largest absolute Gasteiger partial charge is 3.00 e. The van der Waals surface area contributed by atoms with E-state index in [0.29, 0.717) is 11.4 Å². The van der Waals surface area contributed by atoms with Crippen LogP contribution in [0.2, 0.25) is 0 Å². The van der Waals surface area contributed by atoms with Gasteiger partial charge in [0.15, 0.2) is 0 Å². The molecule has 10 nitrogen and oxygen atoms in total. The van der Waals surface area contributed by atoms with Crippen LogP contribution in [0.4, 0.5) is 22.7 Å². The van der Waals surface area contributed by atoms with Crippen LogP contribution in [0.15, 0.2) is 109 Å². The Bertz CT molecular complexity index is 1870. The predicted molar refractivity (Wildman–Crippen MR) is 188 cm³/mol. The van der Waals surface area contributed by atoms with Crippen LogP contribution in [-0.2, 0) is 4.79 Å². The van der Waals surface area contributed by atoms with Crippen molar-refractivity contribution in [3.05, 3.63) is 148 Å². The Hall–Kier alpha value is -5.89. The van der Waals surface area contributed by atoms with Gasteiger partial charge in [-0.05, 0) is 86.3 Å². The van der Waals surface area contributed by atoms with Crippen molar-refractivity contribution in [3.8, 4) is 5.75 Å². The van der Waals surface area contributed by atoms with Crippen LogP contribution in [-0.4, -0.2) is 41.2 Å². The minimum Gasteiger partial charge on any atom is -0.545 e.